The molecule has 33 heavy (non-hydrogen) atoms. The van der Waals surface area contributed by atoms with Gasteiger partial charge in [0.1, 0.15) is 6.61 Å². The van der Waals surface area contributed by atoms with Gasteiger partial charge in [0, 0.05) is 6.04 Å². The zero-order chi connectivity index (χ0) is 23.5. The van der Waals surface area contributed by atoms with Gasteiger partial charge in [0.25, 0.3) is 5.56 Å². The first-order valence-electron chi connectivity index (χ1n) is 10.8. The van der Waals surface area contributed by atoms with Crippen LogP contribution in [0.15, 0.2) is 71.5 Å². The summed E-state index contributed by atoms with van der Waals surface area (Å²) in [7, 11) is 0. The summed E-state index contributed by atoms with van der Waals surface area (Å²) in [5.41, 5.74) is 0.688. The van der Waals surface area contributed by atoms with Crippen molar-refractivity contribution in [3.05, 3.63) is 88.4 Å². The second-order valence-corrected chi connectivity index (χ2v) is 8.15. The first-order chi connectivity index (χ1) is 15.9. The number of benzene rings is 2. The van der Waals surface area contributed by atoms with Gasteiger partial charge >= 0.3 is 12.1 Å². The minimum atomic E-state index is -1.37. The summed E-state index contributed by atoms with van der Waals surface area (Å²) in [5, 5.41) is 9.46. The molecule has 0 unspecified atom stereocenters. The number of carbonyl (C=O) groups is 2. The minimum absolute atomic E-state index is 0.161. The highest BCUT2D eigenvalue weighted by Crippen LogP contribution is 2.27. The van der Waals surface area contributed by atoms with Crippen LogP contribution in [0.1, 0.15) is 42.4 Å². The standard InChI is InChI=1S/C25H25N3O5/c1-16-12-13-19(27(16)25(32)33-15-18-8-4-3-5-9-18)14-17(2)28-21-11-7-6-10-20(21)26-22(23(28)29)24(30)31/h3-13,16-17,19H,14-15H2,1-2H3,(H,30,31)/t16-,17-,19+/m0/s1. The number of rotatable bonds is 6. The maximum Gasteiger partial charge on any atom is 0.411 e. The molecular weight excluding hydrogens is 422 g/mol. The predicted octanol–water partition coefficient (Wildman–Crippen LogP) is 4.01. The van der Waals surface area contributed by atoms with Gasteiger partial charge in [-0.05, 0) is 38.0 Å². The number of ether oxygens (including phenoxy) is 1. The van der Waals surface area contributed by atoms with Crippen LogP contribution < -0.4 is 5.56 Å². The summed E-state index contributed by atoms with van der Waals surface area (Å²) in [6.07, 6.45) is 3.83. The van der Waals surface area contributed by atoms with Crippen molar-refractivity contribution in [1.29, 1.82) is 0 Å². The molecule has 0 bridgehead atoms. The molecule has 1 aliphatic heterocycles. The fourth-order valence-electron chi connectivity index (χ4n) is 4.25. The highest BCUT2D eigenvalue weighted by molar-refractivity contribution is 5.88. The van der Waals surface area contributed by atoms with E-state index in [4.69, 9.17) is 4.74 Å². The van der Waals surface area contributed by atoms with Crippen molar-refractivity contribution in [2.75, 3.05) is 0 Å². The van der Waals surface area contributed by atoms with E-state index in [2.05, 4.69) is 4.98 Å². The quantitative estimate of drug-likeness (QED) is 0.573. The van der Waals surface area contributed by atoms with E-state index in [0.29, 0.717) is 17.5 Å². The van der Waals surface area contributed by atoms with Gasteiger partial charge < -0.3 is 14.4 Å². The summed E-state index contributed by atoms with van der Waals surface area (Å²) in [6, 6.07) is 15.5. The zero-order valence-electron chi connectivity index (χ0n) is 18.4. The van der Waals surface area contributed by atoms with E-state index in [1.807, 2.05) is 56.3 Å². The number of amides is 1. The molecule has 0 saturated carbocycles. The first-order valence-corrected chi connectivity index (χ1v) is 10.8. The van der Waals surface area contributed by atoms with Crippen molar-refractivity contribution in [2.45, 2.75) is 45.0 Å². The van der Waals surface area contributed by atoms with Gasteiger partial charge in [-0.25, -0.2) is 14.6 Å². The Morgan fingerprint density at radius 3 is 2.52 bits per heavy atom. The number of carboxylic acid groups (broad SMARTS) is 1. The molecule has 170 valence electrons. The van der Waals surface area contributed by atoms with Gasteiger partial charge in [-0.1, -0.05) is 54.6 Å². The van der Waals surface area contributed by atoms with E-state index in [0.717, 1.165) is 5.56 Å². The normalized spacial score (nSPS) is 18.4. The van der Waals surface area contributed by atoms with Crippen LogP contribution in [0.3, 0.4) is 0 Å². The summed E-state index contributed by atoms with van der Waals surface area (Å²) < 4.78 is 6.99. The van der Waals surface area contributed by atoms with Crippen molar-refractivity contribution < 1.29 is 19.4 Å². The average Bonchev–Trinajstić information content (AvgIpc) is 3.17. The molecule has 2 heterocycles. The number of hydrogen-bond acceptors (Lipinski definition) is 5. The predicted molar refractivity (Wildman–Crippen MR) is 123 cm³/mol. The van der Waals surface area contributed by atoms with Crippen LogP contribution in [0.2, 0.25) is 0 Å². The summed E-state index contributed by atoms with van der Waals surface area (Å²) in [6.45, 7) is 3.91. The Hall–Kier alpha value is -3.94. The lowest BCUT2D eigenvalue weighted by Crippen LogP contribution is -2.42. The van der Waals surface area contributed by atoms with Crippen LogP contribution in [-0.4, -0.2) is 43.7 Å². The Kier molecular flexibility index (Phi) is 6.26. The number of carboxylic acids is 1. The maximum absolute atomic E-state index is 13.0. The van der Waals surface area contributed by atoms with Crippen LogP contribution in [0.4, 0.5) is 4.79 Å². The number of para-hydroxylation sites is 2. The highest BCUT2D eigenvalue weighted by Gasteiger charge is 2.33. The summed E-state index contributed by atoms with van der Waals surface area (Å²) in [5.74, 6) is -1.37. The van der Waals surface area contributed by atoms with Gasteiger partial charge in [-0.3, -0.25) is 9.69 Å². The lowest BCUT2D eigenvalue weighted by Gasteiger charge is -2.30. The topological polar surface area (TPSA) is 102 Å². The van der Waals surface area contributed by atoms with Crippen LogP contribution in [0, 0.1) is 0 Å². The van der Waals surface area contributed by atoms with Crippen molar-refractivity contribution >= 4 is 23.1 Å². The molecule has 8 nitrogen and oxygen atoms in total. The molecule has 1 N–H and O–H groups in total. The molecule has 2 aromatic carbocycles. The molecule has 8 heteroatoms. The van der Waals surface area contributed by atoms with Gasteiger partial charge in [-0.15, -0.1) is 0 Å². The van der Waals surface area contributed by atoms with E-state index in [9.17, 15) is 19.5 Å². The number of hydrogen-bond donors (Lipinski definition) is 1. The lowest BCUT2D eigenvalue weighted by molar-refractivity contribution is 0.0688. The molecule has 4 rings (SSSR count). The van der Waals surface area contributed by atoms with Crippen LogP contribution >= 0.6 is 0 Å². The SMILES string of the molecule is C[C@H]1C=C[C@H](C[C@H](C)n2c(=O)c(C(=O)O)nc3ccccc32)N1C(=O)OCc1ccccc1. The number of nitrogens with zero attached hydrogens (tertiary/aromatic N) is 3. The number of aromatic carboxylic acids is 1. The van der Waals surface area contributed by atoms with E-state index in [1.165, 1.54) is 4.57 Å². The van der Waals surface area contributed by atoms with Gasteiger partial charge in [0.05, 0.1) is 23.1 Å². The molecule has 0 radical (unpaired) electrons. The molecule has 1 aromatic heterocycles. The molecule has 0 saturated heterocycles. The molecule has 3 aromatic rings. The monoisotopic (exact) mass is 447 g/mol. The van der Waals surface area contributed by atoms with Crippen molar-refractivity contribution in [1.82, 2.24) is 14.5 Å². The largest absolute Gasteiger partial charge is 0.476 e. The van der Waals surface area contributed by atoms with Crippen molar-refractivity contribution in [3.8, 4) is 0 Å². The Bertz CT molecular complexity index is 1270. The fraction of sp³-hybridized carbons (Fsp3) is 0.280. The van der Waals surface area contributed by atoms with Crippen molar-refractivity contribution in [2.24, 2.45) is 0 Å². The van der Waals surface area contributed by atoms with E-state index >= 15 is 0 Å². The van der Waals surface area contributed by atoms with Crippen LogP contribution in [0.5, 0.6) is 0 Å². The summed E-state index contributed by atoms with van der Waals surface area (Å²) in [4.78, 5) is 43.1. The Labute approximate surface area is 190 Å². The lowest BCUT2D eigenvalue weighted by atomic mass is 10.1. The molecule has 0 spiro atoms. The third-order valence-corrected chi connectivity index (χ3v) is 5.84. The maximum atomic E-state index is 13.0. The summed E-state index contributed by atoms with van der Waals surface area (Å²) >= 11 is 0. The zero-order valence-corrected chi connectivity index (χ0v) is 18.4. The van der Waals surface area contributed by atoms with E-state index < -0.39 is 29.4 Å². The van der Waals surface area contributed by atoms with Gasteiger partial charge in [0.15, 0.2) is 0 Å². The van der Waals surface area contributed by atoms with E-state index in [1.54, 1.807) is 29.2 Å². The van der Waals surface area contributed by atoms with Crippen LogP contribution in [0.25, 0.3) is 11.0 Å². The third-order valence-electron chi connectivity index (χ3n) is 5.84. The number of carbonyl (C=O) groups excluding carboxylic acids is 1. The molecule has 1 aliphatic rings. The average molecular weight is 447 g/mol. The smallest absolute Gasteiger partial charge is 0.411 e. The van der Waals surface area contributed by atoms with Gasteiger partial charge in [0.2, 0.25) is 5.69 Å². The molecule has 0 aliphatic carbocycles. The van der Waals surface area contributed by atoms with Gasteiger partial charge in [-0.2, -0.15) is 0 Å². The number of fused-ring (bicyclic) bond motifs is 1. The second-order valence-electron chi connectivity index (χ2n) is 8.15. The first kappa shape index (κ1) is 22.3. The molecule has 0 fully saturated rings. The third kappa shape index (κ3) is 4.50. The molecule has 1 amide bonds. The molecule has 3 atom stereocenters. The Morgan fingerprint density at radius 1 is 1.09 bits per heavy atom. The fourth-order valence-corrected chi connectivity index (χ4v) is 4.25. The number of aromatic nitrogens is 2. The Balaban J connectivity index is 1.58. The van der Waals surface area contributed by atoms with E-state index in [-0.39, 0.29) is 18.7 Å². The van der Waals surface area contributed by atoms with Crippen molar-refractivity contribution in [3.63, 3.8) is 0 Å². The Morgan fingerprint density at radius 2 is 1.79 bits per heavy atom. The highest BCUT2D eigenvalue weighted by atomic mass is 16.6. The second kappa shape index (κ2) is 9.28. The minimum Gasteiger partial charge on any atom is -0.476 e. The van der Waals surface area contributed by atoms with Crippen LogP contribution in [-0.2, 0) is 11.3 Å². The molecular formula is C25H25N3O5.